The van der Waals surface area contributed by atoms with Crippen LogP contribution in [0.4, 0.5) is 0 Å². The molecule has 0 aliphatic rings. The minimum absolute atomic E-state index is 0.0428. The molecule has 0 atom stereocenters. The Morgan fingerprint density at radius 1 is 1.67 bits per heavy atom. The number of hydrogen-bond acceptors (Lipinski definition) is 3. The molecule has 1 aromatic heterocycles. The van der Waals surface area contributed by atoms with Crippen LogP contribution in [0.15, 0.2) is 21.6 Å². The normalized spacial score (nSPS) is 9.83. The van der Waals surface area contributed by atoms with Crippen molar-refractivity contribution < 1.29 is 9.32 Å². The van der Waals surface area contributed by atoms with E-state index in [4.69, 9.17) is 4.52 Å². The number of nitrogens with zero attached hydrogens (tertiary/aromatic N) is 2. The van der Waals surface area contributed by atoms with Crippen LogP contribution < -0.4 is 5.56 Å². The van der Waals surface area contributed by atoms with Gasteiger partial charge in [-0.1, -0.05) is 0 Å². The summed E-state index contributed by atoms with van der Waals surface area (Å²) in [7, 11) is 3.24. The molecule has 0 radical (unpaired) electrons. The summed E-state index contributed by atoms with van der Waals surface area (Å²) in [5.41, 5.74) is -0.301. The highest BCUT2D eigenvalue weighted by atomic mass is 16.5. The number of hydrogen-bond donors (Lipinski definition) is 0. The molecule has 12 heavy (non-hydrogen) atoms. The van der Waals surface area contributed by atoms with Crippen LogP contribution in [-0.2, 0) is 11.3 Å². The van der Waals surface area contributed by atoms with Crippen molar-refractivity contribution in [2.45, 2.75) is 6.54 Å². The van der Waals surface area contributed by atoms with E-state index in [9.17, 15) is 9.59 Å². The standard InChI is InChI=1S/C7H10N2O3/c1-8(2)7(11)5-9-6(10)3-4-12-9/h3-4H,5H2,1-2H3. The van der Waals surface area contributed by atoms with Crippen molar-refractivity contribution in [3.63, 3.8) is 0 Å². The van der Waals surface area contributed by atoms with Crippen molar-refractivity contribution >= 4 is 5.91 Å². The van der Waals surface area contributed by atoms with E-state index in [0.717, 1.165) is 4.74 Å². The fourth-order valence-corrected chi connectivity index (χ4v) is 0.677. The van der Waals surface area contributed by atoms with Crippen LogP contribution in [-0.4, -0.2) is 29.6 Å². The smallest absolute Gasteiger partial charge is 0.282 e. The van der Waals surface area contributed by atoms with Gasteiger partial charge in [0.1, 0.15) is 12.8 Å². The summed E-state index contributed by atoms with van der Waals surface area (Å²) in [5, 5.41) is 0. The quantitative estimate of drug-likeness (QED) is 0.603. The summed E-state index contributed by atoms with van der Waals surface area (Å²) < 4.78 is 5.74. The number of amides is 1. The zero-order chi connectivity index (χ0) is 9.14. The third kappa shape index (κ3) is 1.75. The average Bonchev–Trinajstić information content (AvgIpc) is 2.36. The van der Waals surface area contributed by atoms with E-state index in [1.165, 1.54) is 17.2 Å². The van der Waals surface area contributed by atoms with E-state index in [2.05, 4.69) is 0 Å². The van der Waals surface area contributed by atoms with Crippen molar-refractivity contribution in [3.05, 3.63) is 22.7 Å². The molecule has 0 aliphatic carbocycles. The third-order valence-electron chi connectivity index (χ3n) is 1.42. The van der Waals surface area contributed by atoms with Crippen LogP contribution in [0, 0.1) is 0 Å². The van der Waals surface area contributed by atoms with Crippen LogP contribution in [0.3, 0.4) is 0 Å². The zero-order valence-electron chi connectivity index (χ0n) is 6.98. The van der Waals surface area contributed by atoms with E-state index in [1.807, 2.05) is 0 Å². The second kappa shape index (κ2) is 3.25. The lowest BCUT2D eigenvalue weighted by atomic mass is 10.5. The average molecular weight is 170 g/mol. The molecule has 0 spiro atoms. The first kappa shape index (κ1) is 8.58. The van der Waals surface area contributed by atoms with Crippen LogP contribution in [0.5, 0.6) is 0 Å². The Labute approximate surface area is 69.1 Å². The SMILES string of the molecule is CN(C)C(=O)Cn1occc1=O. The molecular weight excluding hydrogens is 160 g/mol. The fourth-order valence-electron chi connectivity index (χ4n) is 0.677. The largest absolute Gasteiger partial charge is 0.384 e. The van der Waals surface area contributed by atoms with Crippen LogP contribution >= 0.6 is 0 Å². The van der Waals surface area contributed by atoms with E-state index in [0.29, 0.717) is 0 Å². The number of carbonyl (C=O) groups excluding carboxylic acids is 1. The second-order valence-electron chi connectivity index (χ2n) is 2.57. The van der Waals surface area contributed by atoms with Gasteiger partial charge in [-0.15, -0.1) is 0 Å². The zero-order valence-corrected chi connectivity index (χ0v) is 6.98. The van der Waals surface area contributed by atoms with Gasteiger partial charge in [0.2, 0.25) is 5.91 Å². The van der Waals surface area contributed by atoms with Crippen molar-refractivity contribution in [1.82, 2.24) is 9.64 Å². The van der Waals surface area contributed by atoms with E-state index >= 15 is 0 Å². The molecular formula is C7H10N2O3. The van der Waals surface area contributed by atoms with Gasteiger partial charge < -0.3 is 9.42 Å². The molecule has 1 rings (SSSR count). The van der Waals surface area contributed by atoms with Gasteiger partial charge in [0.25, 0.3) is 5.56 Å². The van der Waals surface area contributed by atoms with Crippen LogP contribution in [0.25, 0.3) is 0 Å². The molecule has 0 unspecified atom stereocenters. The molecule has 1 aromatic rings. The van der Waals surface area contributed by atoms with Gasteiger partial charge in [-0.3, -0.25) is 9.59 Å². The highest BCUT2D eigenvalue weighted by molar-refractivity contribution is 5.75. The maximum atomic E-state index is 11.1. The molecule has 1 heterocycles. The first-order valence-electron chi connectivity index (χ1n) is 3.46. The van der Waals surface area contributed by atoms with Gasteiger partial charge in [0.15, 0.2) is 0 Å². The van der Waals surface area contributed by atoms with E-state index in [-0.39, 0.29) is 18.0 Å². The molecule has 0 bridgehead atoms. The molecule has 0 aliphatic heterocycles. The third-order valence-corrected chi connectivity index (χ3v) is 1.42. The molecule has 0 saturated heterocycles. The minimum atomic E-state index is -0.301. The van der Waals surface area contributed by atoms with Crippen molar-refractivity contribution in [3.8, 4) is 0 Å². The maximum Gasteiger partial charge on any atom is 0.282 e. The molecule has 0 N–H and O–H groups in total. The first-order chi connectivity index (χ1) is 5.61. The first-order valence-corrected chi connectivity index (χ1v) is 3.46. The summed E-state index contributed by atoms with van der Waals surface area (Å²) in [6.45, 7) is -0.0428. The Morgan fingerprint density at radius 3 is 2.75 bits per heavy atom. The van der Waals surface area contributed by atoms with Gasteiger partial charge in [0, 0.05) is 20.2 Å². The second-order valence-corrected chi connectivity index (χ2v) is 2.57. The van der Waals surface area contributed by atoms with Gasteiger partial charge >= 0.3 is 0 Å². The minimum Gasteiger partial charge on any atom is -0.384 e. The Bertz CT molecular complexity index is 323. The lowest BCUT2D eigenvalue weighted by molar-refractivity contribution is -0.130. The van der Waals surface area contributed by atoms with Crippen molar-refractivity contribution in [2.24, 2.45) is 0 Å². The summed E-state index contributed by atoms with van der Waals surface area (Å²) >= 11 is 0. The number of likely N-dealkylation sites (N-methyl/N-ethyl adjacent to an activating group) is 1. The Hall–Kier alpha value is -1.52. The van der Waals surface area contributed by atoms with Gasteiger partial charge in [-0.25, -0.2) is 0 Å². The van der Waals surface area contributed by atoms with Crippen molar-refractivity contribution in [2.75, 3.05) is 14.1 Å². The molecule has 0 saturated carbocycles. The van der Waals surface area contributed by atoms with E-state index in [1.54, 1.807) is 14.1 Å². The molecule has 5 heteroatoms. The van der Waals surface area contributed by atoms with Crippen LogP contribution in [0.2, 0.25) is 0 Å². The maximum absolute atomic E-state index is 11.1. The number of carbonyl (C=O) groups is 1. The van der Waals surface area contributed by atoms with Crippen molar-refractivity contribution in [1.29, 1.82) is 0 Å². The molecule has 5 nitrogen and oxygen atoms in total. The Kier molecular flexibility index (Phi) is 2.32. The number of aromatic nitrogens is 1. The lowest BCUT2D eigenvalue weighted by Crippen LogP contribution is -2.29. The molecule has 0 fully saturated rings. The molecule has 66 valence electrons. The molecule has 0 aromatic carbocycles. The summed E-state index contributed by atoms with van der Waals surface area (Å²) in [4.78, 5) is 23.3. The summed E-state index contributed by atoms with van der Waals surface area (Å²) in [6.07, 6.45) is 1.26. The van der Waals surface area contributed by atoms with Gasteiger partial charge in [-0.2, -0.15) is 4.74 Å². The monoisotopic (exact) mass is 170 g/mol. The van der Waals surface area contributed by atoms with Gasteiger partial charge in [0.05, 0.1) is 0 Å². The Morgan fingerprint density at radius 2 is 2.33 bits per heavy atom. The van der Waals surface area contributed by atoms with Gasteiger partial charge in [-0.05, 0) is 0 Å². The van der Waals surface area contributed by atoms with Crippen LogP contribution in [0.1, 0.15) is 0 Å². The highest BCUT2D eigenvalue weighted by Crippen LogP contribution is 1.86. The topological polar surface area (TPSA) is 55.5 Å². The fraction of sp³-hybridized carbons (Fsp3) is 0.429. The highest BCUT2D eigenvalue weighted by Gasteiger charge is 2.07. The van der Waals surface area contributed by atoms with E-state index < -0.39 is 0 Å². The summed E-state index contributed by atoms with van der Waals surface area (Å²) in [5.74, 6) is -0.174. The molecule has 1 amide bonds. The Balaban J connectivity index is 2.71. The lowest BCUT2D eigenvalue weighted by Gasteiger charge is -2.08. The predicted molar refractivity (Wildman–Crippen MR) is 41.7 cm³/mol. The summed E-state index contributed by atoms with van der Waals surface area (Å²) in [6, 6.07) is 1.27. The number of rotatable bonds is 2. The predicted octanol–water partition coefficient (Wildman–Crippen LogP) is -0.471.